The normalized spacial score (nSPS) is 11.7. The Hall–Kier alpha value is -2.70. The van der Waals surface area contributed by atoms with Gasteiger partial charge in [0.05, 0.1) is 17.1 Å². The zero-order chi connectivity index (χ0) is 19.4. The highest BCUT2D eigenvalue weighted by Gasteiger charge is 2.21. The smallest absolute Gasteiger partial charge is 0.338 e. The number of nitrogens with zero attached hydrogens (tertiary/aromatic N) is 1. The first-order valence-corrected chi connectivity index (χ1v) is 10.1. The summed E-state index contributed by atoms with van der Waals surface area (Å²) in [7, 11) is -2.12. The fraction of sp³-hybridized carbons (Fsp3) is 0.190. The summed E-state index contributed by atoms with van der Waals surface area (Å²) >= 11 is 0. The van der Waals surface area contributed by atoms with E-state index >= 15 is 0 Å². The molecule has 0 fully saturated rings. The highest BCUT2D eigenvalue weighted by molar-refractivity contribution is 7.89. The maximum absolute atomic E-state index is 12.8. The number of benzene rings is 3. The minimum Gasteiger partial charge on any atom is -0.462 e. The molecule has 6 heteroatoms. The van der Waals surface area contributed by atoms with Gasteiger partial charge in [0.15, 0.2) is 0 Å². The topological polar surface area (TPSA) is 63.7 Å². The van der Waals surface area contributed by atoms with Crippen molar-refractivity contribution in [2.24, 2.45) is 0 Å². The molecule has 3 aromatic rings. The van der Waals surface area contributed by atoms with Crippen LogP contribution in [0.1, 0.15) is 22.8 Å². The average molecular weight is 383 g/mol. The van der Waals surface area contributed by atoms with E-state index in [0.29, 0.717) is 5.56 Å². The summed E-state index contributed by atoms with van der Waals surface area (Å²) in [6, 6.07) is 19.6. The van der Waals surface area contributed by atoms with Crippen molar-refractivity contribution in [2.45, 2.75) is 18.4 Å². The van der Waals surface area contributed by atoms with Crippen LogP contribution in [0.2, 0.25) is 0 Å². The van der Waals surface area contributed by atoms with Crippen molar-refractivity contribution in [3.8, 4) is 0 Å². The second kappa shape index (κ2) is 7.90. The predicted molar refractivity (Wildman–Crippen MR) is 105 cm³/mol. The van der Waals surface area contributed by atoms with E-state index in [1.807, 2.05) is 42.5 Å². The Bertz CT molecular complexity index is 1060. The predicted octanol–water partition coefficient (Wildman–Crippen LogP) is 3.84. The number of carbonyl (C=O) groups excluding carboxylic acids is 1. The van der Waals surface area contributed by atoms with Gasteiger partial charge in [-0.25, -0.2) is 13.2 Å². The van der Waals surface area contributed by atoms with E-state index in [1.54, 1.807) is 14.0 Å². The summed E-state index contributed by atoms with van der Waals surface area (Å²) < 4.78 is 31.9. The van der Waals surface area contributed by atoms with Gasteiger partial charge in [-0.2, -0.15) is 4.31 Å². The molecule has 0 bridgehead atoms. The van der Waals surface area contributed by atoms with Gasteiger partial charge in [0.1, 0.15) is 0 Å². The van der Waals surface area contributed by atoms with Crippen LogP contribution in [0, 0.1) is 0 Å². The minimum atomic E-state index is -3.66. The van der Waals surface area contributed by atoms with E-state index in [4.69, 9.17) is 4.74 Å². The second-order valence-electron chi connectivity index (χ2n) is 6.19. The Morgan fingerprint density at radius 1 is 0.963 bits per heavy atom. The maximum Gasteiger partial charge on any atom is 0.338 e. The highest BCUT2D eigenvalue weighted by atomic mass is 32.2. The molecule has 5 nitrogen and oxygen atoms in total. The largest absolute Gasteiger partial charge is 0.462 e. The fourth-order valence-corrected chi connectivity index (χ4v) is 4.00. The van der Waals surface area contributed by atoms with Crippen LogP contribution in [0.3, 0.4) is 0 Å². The standard InChI is InChI=1S/C21H21NO4S/c1-3-26-21(23)18-10-12-20(13-11-18)27(24,25)22(2)15-16-8-9-17-6-4-5-7-19(17)14-16/h4-14H,3,15H2,1-2H3. The Kier molecular flexibility index (Phi) is 5.58. The number of fused-ring (bicyclic) bond motifs is 1. The van der Waals surface area contributed by atoms with Crippen LogP contribution in [0.4, 0.5) is 0 Å². The van der Waals surface area contributed by atoms with Gasteiger partial charge in [0.25, 0.3) is 0 Å². The second-order valence-corrected chi connectivity index (χ2v) is 8.23. The lowest BCUT2D eigenvalue weighted by Crippen LogP contribution is -2.26. The van der Waals surface area contributed by atoms with Gasteiger partial charge in [-0.15, -0.1) is 0 Å². The van der Waals surface area contributed by atoms with Gasteiger partial charge in [-0.1, -0.05) is 36.4 Å². The molecule has 0 aliphatic rings. The van der Waals surface area contributed by atoms with Crippen molar-refractivity contribution in [1.29, 1.82) is 0 Å². The number of carbonyl (C=O) groups is 1. The van der Waals surface area contributed by atoms with Gasteiger partial charge in [-0.3, -0.25) is 0 Å². The zero-order valence-corrected chi connectivity index (χ0v) is 16.1. The molecule has 0 unspecified atom stereocenters. The molecule has 0 amide bonds. The molecule has 3 aromatic carbocycles. The van der Waals surface area contributed by atoms with Crippen LogP contribution in [0.25, 0.3) is 10.8 Å². The first-order chi connectivity index (χ1) is 12.9. The summed E-state index contributed by atoms with van der Waals surface area (Å²) in [4.78, 5) is 11.8. The molecule has 0 aliphatic heterocycles. The minimum absolute atomic E-state index is 0.138. The van der Waals surface area contributed by atoms with Crippen molar-refractivity contribution in [2.75, 3.05) is 13.7 Å². The van der Waals surface area contributed by atoms with Gasteiger partial charge in [0, 0.05) is 13.6 Å². The van der Waals surface area contributed by atoms with Crippen molar-refractivity contribution in [3.63, 3.8) is 0 Å². The maximum atomic E-state index is 12.8. The summed E-state index contributed by atoms with van der Waals surface area (Å²) in [5.74, 6) is -0.467. The lowest BCUT2D eigenvalue weighted by molar-refractivity contribution is 0.0526. The van der Waals surface area contributed by atoms with Crippen LogP contribution in [-0.2, 0) is 21.3 Å². The van der Waals surface area contributed by atoms with Crippen LogP contribution in [0.5, 0.6) is 0 Å². The van der Waals surface area contributed by atoms with Gasteiger partial charge >= 0.3 is 5.97 Å². The highest BCUT2D eigenvalue weighted by Crippen LogP contribution is 2.20. The molecule has 0 radical (unpaired) electrons. The third-order valence-electron chi connectivity index (χ3n) is 4.29. The van der Waals surface area contributed by atoms with E-state index in [9.17, 15) is 13.2 Å². The molecule has 0 N–H and O–H groups in total. The van der Waals surface area contributed by atoms with Crippen LogP contribution >= 0.6 is 0 Å². The summed E-state index contributed by atoms with van der Waals surface area (Å²) in [5, 5.41) is 2.18. The van der Waals surface area contributed by atoms with Crippen LogP contribution < -0.4 is 0 Å². The molecule has 3 rings (SSSR count). The average Bonchev–Trinajstić information content (AvgIpc) is 2.68. The Balaban J connectivity index is 1.79. The first kappa shape index (κ1) is 19.1. The molecule has 140 valence electrons. The van der Waals surface area contributed by atoms with E-state index < -0.39 is 16.0 Å². The molecule has 0 saturated heterocycles. The van der Waals surface area contributed by atoms with Crippen molar-refractivity contribution >= 4 is 26.8 Å². The van der Waals surface area contributed by atoms with Crippen LogP contribution in [0.15, 0.2) is 71.6 Å². The monoisotopic (exact) mass is 383 g/mol. The quantitative estimate of drug-likeness (QED) is 0.607. The summed E-state index contributed by atoms with van der Waals surface area (Å²) in [6.07, 6.45) is 0. The Morgan fingerprint density at radius 3 is 2.30 bits per heavy atom. The van der Waals surface area contributed by atoms with E-state index in [0.717, 1.165) is 16.3 Å². The number of sulfonamides is 1. The van der Waals surface area contributed by atoms with Crippen molar-refractivity contribution in [3.05, 3.63) is 77.9 Å². The fourth-order valence-electron chi connectivity index (χ4n) is 2.84. The number of esters is 1. The molecule has 0 spiro atoms. The van der Waals surface area contributed by atoms with Gasteiger partial charge in [0.2, 0.25) is 10.0 Å². The molecule has 0 aliphatic carbocycles. The van der Waals surface area contributed by atoms with E-state index in [-0.39, 0.29) is 18.0 Å². The number of ether oxygens (including phenoxy) is 1. The first-order valence-electron chi connectivity index (χ1n) is 8.63. The van der Waals surface area contributed by atoms with Crippen LogP contribution in [-0.4, -0.2) is 32.3 Å². The van der Waals surface area contributed by atoms with Crippen molar-refractivity contribution < 1.29 is 17.9 Å². The Morgan fingerprint density at radius 2 is 1.63 bits per heavy atom. The molecule has 27 heavy (non-hydrogen) atoms. The van der Waals surface area contributed by atoms with Gasteiger partial charge in [-0.05, 0) is 53.6 Å². The van der Waals surface area contributed by atoms with E-state index in [1.165, 1.54) is 28.6 Å². The lowest BCUT2D eigenvalue weighted by atomic mass is 10.1. The molecule has 0 aromatic heterocycles. The number of rotatable bonds is 6. The third-order valence-corrected chi connectivity index (χ3v) is 6.11. The number of hydrogen-bond acceptors (Lipinski definition) is 4. The Labute approximate surface area is 159 Å². The molecule has 0 saturated carbocycles. The molecule has 0 atom stereocenters. The SMILES string of the molecule is CCOC(=O)c1ccc(S(=O)(=O)N(C)Cc2ccc3ccccc3c2)cc1. The van der Waals surface area contributed by atoms with Gasteiger partial charge < -0.3 is 4.74 Å². The third kappa shape index (κ3) is 4.18. The molecular weight excluding hydrogens is 362 g/mol. The summed E-state index contributed by atoms with van der Waals surface area (Å²) in [6.45, 7) is 2.25. The van der Waals surface area contributed by atoms with E-state index in [2.05, 4.69) is 0 Å². The zero-order valence-electron chi connectivity index (χ0n) is 15.3. The van der Waals surface area contributed by atoms with Crippen molar-refractivity contribution in [1.82, 2.24) is 4.31 Å². The molecule has 0 heterocycles. The lowest BCUT2D eigenvalue weighted by Gasteiger charge is -2.18. The summed E-state index contributed by atoms with van der Waals surface area (Å²) in [5.41, 5.74) is 1.23. The number of hydrogen-bond donors (Lipinski definition) is 0. The molecular formula is C21H21NO4S.